The number of hydrogen-bond acceptors (Lipinski definition) is 1. The highest BCUT2D eigenvalue weighted by Crippen LogP contribution is 2.51. The van der Waals surface area contributed by atoms with Gasteiger partial charge in [0.1, 0.15) is 0 Å². The number of nitrogens with zero attached hydrogens (tertiary/aromatic N) is 2. The molecule has 0 radical (unpaired) electrons. The second-order valence-electron chi connectivity index (χ2n) is 11.4. The zero-order valence-electron chi connectivity index (χ0n) is 22.8. The van der Waals surface area contributed by atoms with Gasteiger partial charge in [-0.3, -0.25) is 0 Å². The molecule has 2 heteroatoms. The van der Waals surface area contributed by atoms with Gasteiger partial charge in [0.25, 0.3) is 0 Å². The van der Waals surface area contributed by atoms with E-state index in [2.05, 4.69) is 144 Å². The first-order chi connectivity index (χ1) is 19.7. The largest absolute Gasteiger partial charge is 0.345 e. The second kappa shape index (κ2) is 9.27. The standard InChI is InChI=1S/C38H32N2/c1-39(31-12-6-3-7-13-31)32-20-22-38-35(25-32)34-23-29(28-17-15-26-9-4-2-5-10-27(26)16-18-28)19-21-37(34)40(38)36-14-8-11-30-24-33(30)36/h3-17,19-23,25,30,33H,2,18,24H2,1H3. The normalized spacial score (nSPS) is 21.1. The molecule has 0 bridgehead atoms. The molecule has 3 aromatic carbocycles. The van der Waals surface area contributed by atoms with Crippen molar-refractivity contribution in [3.8, 4) is 0 Å². The number of rotatable bonds is 4. The predicted octanol–water partition coefficient (Wildman–Crippen LogP) is 9.77. The molecule has 0 spiro atoms. The molecule has 4 aliphatic rings. The van der Waals surface area contributed by atoms with Crippen LogP contribution in [0.3, 0.4) is 0 Å². The molecule has 0 aliphatic heterocycles. The smallest absolute Gasteiger partial charge is 0.0539 e. The molecule has 0 amide bonds. The highest BCUT2D eigenvalue weighted by atomic mass is 15.1. The average Bonchev–Trinajstić information content (AvgIpc) is 3.79. The van der Waals surface area contributed by atoms with Gasteiger partial charge in [-0.1, -0.05) is 78.9 Å². The van der Waals surface area contributed by atoms with Crippen LogP contribution in [0, 0.1) is 11.8 Å². The summed E-state index contributed by atoms with van der Waals surface area (Å²) in [6, 6.07) is 24.7. The zero-order chi connectivity index (χ0) is 26.6. The number of allylic oxidation sites excluding steroid dienone is 14. The maximum Gasteiger partial charge on any atom is 0.0539 e. The van der Waals surface area contributed by atoms with Crippen molar-refractivity contribution in [2.75, 3.05) is 11.9 Å². The van der Waals surface area contributed by atoms with Gasteiger partial charge in [0.05, 0.1) is 11.0 Å². The van der Waals surface area contributed by atoms with Crippen molar-refractivity contribution in [3.05, 3.63) is 144 Å². The van der Waals surface area contributed by atoms with E-state index < -0.39 is 0 Å². The van der Waals surface area contributed by atoms with Gasteiger partial charge in [-0.2, -0.15) is 0 Å². The fourth-order valence-corrected chi connectivity index (χ4v) is 6.62. The molecule has 4 aromatic rings. The van der Waals surface area contributed by atoms with Crippen LogP contribution in [-0.4, -0.2) is 11.6 Å². The van der Waals surface area contributed by atoms with E-state index in [0.717, 1.165) is 12.8 Å². The molecule has 2 atom stereocenters. The molecule has 1 fully saturated rings. The summed E-state index contributed by atoms with van der Waals surface area (Å²) in [5.41, 5.74) is 11.7. The molecule has 8 rings (SSSR count). The van der Waals surface area contributed by atoms with E-state index in [0.29, 0.717) is 11.8 Å². The van der Waals surface area contributed by atoms with E-state index in [1.807, 2.05) is 0 Å². The van der Waals surface area contributed by atoms with Crippen LogP contribution in [0.15, 0.2) is 139 Å². The minimum atomic E-state index is 0.631. The van der Waals surface area contributed by atoms with Crippen molar-refractivity contribution >= 4 is 44.5 Å². The summed E-state index contributed by atoms with van der Waals surface area (Å²) in [5.74, 6) is 1.33. The summed E-state index contributed by atoms with van der Waals surface area (Å²) in [5, 5.41) is 2.63. The third kappa shape index (κ3) is 3.86. The Morgan fingerprint density at radius 2 is 1.57 bits per heavy atom. The maximum atomic E-state index is 2.54. The quantitative estimate of drug-likeness (QED) is 0.262. The van der Waals surface area contributed by atoms with Gasteiger partial charge in [0.2, 0.25) is 0 Å². The monoisotopic (exact) mass is 516 g/mol. The zero-order valence-corrected chi connectivity index (χ0v) is 22.8. The van der Waals surface area contributed by atoms with Gasteiger partial charge in [-0.05, 0) is 96.0 Å². The van der Waals surface area contributed by atoms with Crippen molar-refractivity contribution in [3.63, 3.8) is 0 Å². The molecule has 0 N–H and O–H groups in total. The van der Waals surface area contributed by atoms with Gasteiger partial charge in [-0.25, -0.2) is 0 Å². The van der Waals surface area contributed by atoms with Crippen LogP contribution < -0.4 is 4.90 Å². The van der Waals surface area contributed by atoms with Crippen LogP contribution >= 0.6 is 0 Å². The van der Waals surface area contributed by atoms with E-state index in [-0.39, 0.29) is 0 Å². The van der Waals surface area contributed by atoms with Crippen molar-refractivity contribution in [1.82, 2.24) is 4.57 Å². The number of aromatic nitrogens is 1. The molecule has 1 aromatic heterocycles. The van der Waals surface area contributed by atoms with Crippen molar-refractivity contribution < 1.29 is 0 Å². The number of benzene rings is 3. The Hall–Kier alpha value is -4.56. The first-order valence-corrected chi connectivity index (χ1v) is 14.5. The Balaban J connectivity index is 1.30. The highest BCUT2D eigenvalue weighted by molar-refractivity contribution is 6.12. The molecule has 4 aliphatic carbocycles. The molecule has 2 nitrogen and oxygen atoms in total. The molecular weight excluding hydrogens is 484 g/mol. The molecule has 40 heavy (non-hydrogen) atoms. The van der Waals surface area contributed by atoms with Crippen molar-refractivity contribution in [2.24, 2.45) is 11.8 Å². The minimum absolute atomic E-state index is 0.631. The van der Waals surface area contributed by atoms with Gasteiger partial charge in [0.15, 0.2) is 0 Å². The number of hydrogen-bond donors (Lipinski definition) is 0. The van der Waals surface area contributed by atoms with Gasteiger partial charge >= 0.3 is 0 Å². The van der Waals surface area contributed by atoms with Gasteiger partial charge < -0.3 is 9.47 Å². The molecule has 194 valence electrons. The summed E-state index contributed by atoms with van der Waals surface area (Å²) in [6.07, 6.45) is 26.2. The second-order valence-corrected chi connectivity index (χ2v) is 11.4. The fourth-order valence-electron chi connectivity index (χ4n) is 6.62. The SMILES string of the molecule is CN(c1ccccc1)c1ccc2c(c1)c1cc(C3=CC=C4C=CCC=CC4=CC3)ccc1n2C1=CC=CC2CC12. The van der Waals surface area contributed by atoms with Crippen molar-refractivity contribution in [1.29, 1.82) is 0 Å². The summed E-state index contributed by atoms with van der Waals surface area (Å²) < 4.78 is 2.54. The Bertz CT molecular complexity index is 1880. The molecule has 1 saturated carbocycles. The van der Waals surface area contributed by atoms with Gasteiger partial charge in [0, 0.05) is 40.8 Å². The Morgan fingerprint density at radius 3 is 2.45 bits per heavy atom. The maximum absolute atomic E-state index is 2.54. The van der Waals surface area contributed by atoms with Crippen molar-refractivity contribution in [2.45, 2.75) is 19.3 Å². The average molecular weight is 517 g/mol. The molecular formula is C38H32N2. The lowest BCUT2D eigenvalue weighted by Gasteiger charge is -2.20. The minimum Gasteiger partial charge on any atom is -0.345 e. The summed E-state index contributed by atoms with van der Waals surface area (Å²) in [7, 11) is 2.16. The molecule has 2 unspecified atom stereocenters. The number of anilines is 2. The Morgan fingerprint density at radius 1 is 0.775 bits per heavy atom. The third-order valence-corrected chi connectivity index (χ3v) is 8.96. The van der Waals surface area contributed by atoms with E-state index in [9.17, 15) is 0 Å². The number of fused-ring (bicyclic) bond motifs is 5. The van der Waals surface area contributed by atoms with Crippen LogP contribution in [0.5, 0.6) is 0 Å². The predicted molar refractivity (Wildman–Crippen MR) is 171 cm³/mol. The summed E-state index contributed by atoms with van der Waals surface area (Å²) in [6.45, 7) is 0. The van der Waals surface area contributed by atoms with Crippen LogP contribution in [0.4, 0.5) is 11.4 Å². The van der Waals surface area contributed by atoms with Crippen LogP contribution in [0.25, 0.3) is 33.1 Å². The topological polar surface area (TPSA) is 8.17 Å². The summed E-state index contributed by atoms with van der Waals surface area (Å²) in [4.78, 5) is 2.28. The third-order valence-electron chi connectivity index (χ3n) is 8.96. The summed E-state index contributed by atoms with van der Waals surface area (Å²) >= 11 is 0. The first-order valence-electron chi connectivity index (χ1n) is 14.5. The van der Waals surface area contributed by atoms with E-state index in [1.54, 1.807) is 0 Å². The van der Waals surface area contributed by atoms with Crippen LogP contribution in [-0.2, 0) is 0 Å². The van der Waals surface area contributed by atoms with Crippen LogP contribution in [0.2, 0.25) is 0 Å². The fraction of sp³-hybridized carbons (Fsp3) is 0.158. The highest BCUT2D eigenvalue weighted by Gasteiger charge is 2.40. The lowest BCUT2D eigenvalue weighted by molar-refractivity contribution is 0.935. The number of para-hydroxylation sites is 1. The van der Waals surface area contributed by atoms with E-state index in [4.69, 9.17) is 0 Å². The molecule has 1 heterocycles. The Kier molecular flexibility index (Phi) is 5.41. The van der Waals surface area contributed by atoms with E-state index >= 15 is 0 Å². The Labute approximate surface area is 235 Å². The first kappa shape index (κ1) is 23.3. The lowest BCUT2D eigenvalue weighted by Crippen LogP contribution is -2.09. The molecule has 0 saturated heterocycles. The van der Waals surface area contributed by atoms with E-state index in [1.165, 1.54) is 67.6 Å². The van der Waals surface area contributed by atoms with Crippen LogP contribution in [0.1, 0.15) is 24.8 Å². The van der Waals surface area contributed by atoms with Gasteiger partial charge in [-0.15, -0.1) is 0 Å². The lowest BCUT2D eigenvalue weighted by atomic mass is 9.99.